The molecule has 1 aromatic heterocycles. The number of hydrogen-bond acceptors (Lipinski definition) is 5. The van der Waals surface area contributed by atoms with E-state index in [0.717, 1.165) is 29.5 Å². The molecule has 0 unspecified atom stereocenters. The first-order valence-corrected chi connectivity index (χ1v) is 12.5. The fourth-order valence-corrected chi connectivity index (χ4v) is 4.27. The van der Waals surface area contributed by atoms with Crippen LogP contribution in [0.5, 0.6) is 11.5 Å². The minimum Gasteiger partial charge on any atom is -0.490 e. The van der Waals surface area contributed by atoms with Crippen molar-refractivity contribution in [1.29, 1.82) is 0 Å². The van der Waals surface area contributed by atoms with E-state index in [1.165, 1.54) is 10.7 Å². The first kappa shape index (κ1) is 24.3. The average Bonchev–Trinajstić information content (AvgIpc) is 3.18. The van der Waals surface area contributed by atoms with E-state index in [1.807, 2.05) is 66.7 Å². The van der Waals surface area contributed by atoms with E-state index in [-0.39, 0.29) is 18.0 Å². The molecular formula is C30H29N3O4. The number of amides is 1. The van der Waals surface area contributed by atoms with E-state index in [9.17, 15) is 9.59 Å². The van der Waals surface area contributed by atoms with Crippen molar-refractivity contribution in [2.75, 3.05) is 19.8 Å². The third-order valence-corrected chi connectivity index (χ3v) is 6.28. The second-order valence-corrected chi connectivity index (χ2v) is 8.96. The summed E-state index contributed by atoms with van der Waals surface area (Å²) in [5, 5.41) is 4.52. The highest BCUT2D eigenvalue weighted by atomic mass is 16.5. The van der Waals surface area contributed by atoms with Gasteiger partial charge in [-0.2, -0.15) is 5.10 Å². The predicted molar refractivity (Wildman–Crippen MR) is 142 cm³/mol. The fraction of sp³-hybridized carbons (Fsp3) is 0.233. The zero-order chi connectivity index (χ0) is 25.5. The van der Waals surface area contributed by atoms with Crippen LogP contribution >= 0.6 is 0 Å². The lowest BCUT2D eigenvalue weighted by Gasteiger charge is -2.23. The lowest BCUT2D eigenvalue weighted by molar-refractivity contribution is -0.132. The van der Waals surface area contributed by atoms with Crippen LogP contribution < -0.4 is 15.0 Å². The van der Waals surface area contributed by atoms with Gasteiger partial charge in [-0.3, -0.25) is 9.59 Å². The Morgan fingerprint density at radius 3 is 2.30 bits per heavy atom. The number of carbonyl (C=O) groups excluding carboxylic acids is 1. The Bertz CT molecular complexity index is 1400. The molecule has 3 aromatic carbocycles. The van der Waals surface area contributed by atoms with E-state index < -0.39 is 0 Å². The van der Waals surface area contributed by atoms with Crippen LogP contribution in [0.2, 0.25) is 0 Å². The van der Waals surface area contributed by atoms with E-state index in [1.54, 1.807) is 11.0 Å². The lowest BCUT2D eigenvalue weighted by atomic mass is 10.1. The maximum absolute atomic E-state index is 13.5. The van der Waals surface area contributed by atoms with Gasteiger partial charge in [-0.1, -0.05) is 60.7 Å². The quantitative estimate of drug-likeness (QED) is 0.364. The molecule has 0 bridgehead atoms. The largest absolute Gasteiger partial charge is 0.490 e. The van der Waals surface area contributed by atoms with Gasteiger partial charge < -0.3 is 14.4 Å². The summed E-state index contributed by atoms with van der Waals surface area (Å²) in [5.41, 5.74) is 3.23. The van der Waals surface area contributed by atoms with Crippen LogP contribution in [0, 0.1) is 0 Å². The average molecular weight is 496 g/mol. The third-order valence-electron chi connectivity index (χ3n) is 6.28. The molecule has 1 aliphatic rings. The SMILES string of the molecule is O=C(Cn1nc(-c2ccc3c(c2)OCCCO3)ccc1=O)N(CCc1ccccc1)Cc1ccccc1. The van der Waals surface area contributed by atoms with Crippen LogP contribution in [-0.4, -0.2) is 40.3 Å². The molecule has 0 saturated heterocycles. The summed E-state index contributed by atoms with van der Waals surface area (Å²) in [5.74, 6) is 1.19. The van der Waals surface area contributed by atoms with Crippen molar-refractivity contribution in [2.24, 2.45) is 0 Å². The highest BCUT2D eigenvalue weighted by Crippen LogP contribution is 2.33. The summed E-state index contributed by atoms with van der Waals surface area (Å²) in [6, 6.07) is 28.6. The van der Waals surface area contributed by atoms with Gasteiger partial charge in [0.2, 0.25) is 5.91 Å². The predicted octanol–water partition coefficient (Wildman–Crippen LogP) is 4.34. The van der Waals surface area contributed by atoms with Crippen molar-refractivity contribution in [1.82, 2.24) is 14.7 Å². The summed E-state index contributed by atoms with van der Waals surface area (Å²) in [6.45, 7) is 2.05. The highest BCUT2D eigenvalue weighted by molar-refractivity contribution is 5.76. The fourth-order valence-electron chi connectivity index (χ4n) is 4.27. The molecule has 2 heterocycles. The van der Waals surface area contributed by atoms with E-state index in [0.29, 0.717) is 43.5 Å². The number of nitrogens with zero attached hydrogens (tertiary/aromatic N) is 3. The molecular weight excluding hydrogens is 466 g/mol. The molecule has 0 fully saturated rings. The van der Waals surface area contributed by atoms with Crippen molar-refractivity contribution in [3.8, 4) is 22.8 Å². The van der Waals surface area contributed by atoms with Gasteiger partial charge in [0.15, 0.2) is 11.5 Å². The number of ether oxygens (including phenoxy) is 2. The molecule has 0 N–H and O–H groups in total. The molecule has 5 rings (SSSR count). The number of fused-ring (bicyclic) bond motifs is 1. The van der Waals surface area contributed by atoms with E-state index in [2.05, 4.69) is 17.2 Å². The number of aromatic nitrogens is 2. The summed E-state index contributed by atoms with van der Waals surface area (Å²) in [4.78, 5) is 27.9. The van der Waals surface area contributed by atoms with Crippen molar-refractivity contribution < 1.29 is 14.3 Å². The molecule has 188 valence electrons. The maximum Gasteiger partial charge on any atom is 0.267 e. The molecule has 1 aliphatic heterocycles. The van der Waals surface area contributed by atoms with Gasteiger partial charge in [0.1, 0.15) is 6.54 Å². The molecule has 0 spiro atoms. The lowest BCUT2D eigenvalue weighted by Crippen LogP contribution is -2.38. The molecule has 1 amide bonds. The molecule has 0 saturated carbocycles. The molecule has 4 aromatic rings. The molecule has 7 nitrogen and oxygen atoms in total. The monoisotopic (exact) mass is 495 g/mol. The summed E-state index contributed by atoms with van der Waals surface area (Å²) < 4.78 is 12.7. The van der Waals surface area contributed by atoms with Crippen LogP contribution in [0.15, 0.2) is 95.8 Å². The van der Waals surface area contributed by atoms with Crippen molar-refractivity contribution in [3.05, 3.63) is 112 Å². The van der Waals surface area contributed by atoms with Crippen molar-refractivity contribution in [3.63, 3.8) is 0 Å². The van der Waals surface area contributed by atoms with Gasteiger partial charge in [0.05, 0.1) is 18.9 Å². The minimum atomic E-state index is -0.325. The topological polar surface area (TPSA) is 73.7 Å². The van der Waals surface area contributed by atoms with Crippen LogP contribution in [0.25, 0.3) is 11.3 Å². The normalized spacial score (nSPS) is 12.5. The summed E-state index contributed by atoms with van der Waals surface area (Å²) in [6.07, 6.45) is 1.54. The summed E-state index contributed by atoms with van der Waals surface area (Å²) in [7, 11) is 0. The standard InChI is InChI=1S/C30H29N3O4/c34-29-15-13-26(25-12-14-27-28(20-25)37-19-7-18-36-27)31-33(29)22-30(35)32(21-24-10-5-2-6-11-24)17-16-23-8-3-1-4-9-23/h1-6,8-15,20H,7,16-19,21-22H2. The summed E-state index contributed by atoms with van der Waals surface area (Å²) >= 11 is 0. The number of hydrogen-bond donors (Lipinski definition) is 0. The Kier molecular flexibility index (Phi) is 7.60. The Morgan fingerprint density at radius 1 is 0.838 bits per heavy atom. The van der Waals surface area contributed by atoms with E-state index >= 15 is 0 Å². The van der Waals surface area contributed by atoms with Crippen LogP contribution in [0.4, 0.5) is 0 Å². The first-order valence-electron chi connectivity index (χ1n) is 12.5. The van der Waals surface area contributed by atoms with Gasteiger partial charge in [0.25, 0.3) is 5.56 Å². The molecule has 37 heavy (non-hydrogen) atoms. The van der Waals surface area contributed by atoms with Crippen LogP contribution in [0.1, 0.15) is 17.5 Å². The van der Waals surface area contributed by atoms with Gasteiger partial charge in [0, 0.05) is 31.1 Å². The Hall–Kier alpha value is -4.39. The second kappa shape index (κ2) is 11.6. The van der Waals surface area contributed by atoms with Crippen LogP contribution in [-0.2, 0) is 24.3 Å². The third kappa shape index (κ3) is 6.25. The highest BCUT2D eigenvalue weighted by Gasteiger charge is 2.18. The van der Waals surface area contributed by atoms with Gasteiger partial charge in [-0.15, -0.1) is 0 Å². The van der Waals surface area contributed by atoms with Gasteiger partial charge in [-0.25, -0.2) is 4.68 Å². The minimum absolute atomic E-state index is 0.140. The Labute approximate surface area is 215 Å². The van der Waals surface area contributed by atoms with Gasteiger partial charge in [-0.05, 0) is 41.8 Å². The first-order chi connectivity index (χ1) is 18.2. The molecule has 0 radical (unpaired) electrons. The molecule has 0 aliphatic carbocycles. The molecule has 0 atom stereocenters. The zero-order valence-electron chi connectivity index (χ0n) is 20.6. The second-order valence-electron chi connectivity index (χ2n) is 8.96. The van der Waals surface area contributed by atoms with Crippen LogP contribution in [0.3, 0.4) is 0 Å². The van der Waals surface area contributed by atoms with E-state index in [4.69, 9.17) is 9.47 Å². The number of rotatable bonds is 8. The number of carbonyl (C=O) groups is 1. The van der Waals surface area contributed by atoms with Crippen molar-refractivity contribution in [2.45, 2.75) is 25.9 Å². The Balaban J connectivity index is 1.36. The number of benzene rings is 3. The zero-order valence-corrected chi connectivity index (χ0v) is 20.6. The smallest absolute Gasteiger partial charge is 0.267 e. The van der Waals surface area contributed by atoms with Crippen molar-refractivity contribution >= 4 is 5.91 Å². The van der Waals surface area contributed by atoms with Gasteiger partial charge >= 0.3 is 0 Å². The molecule has 7 heteroatoms. The maximum atomic E-state index is 13.5. The Morgan fingerprint density at radius 2 is 1.54 bits per heavy atom.